The number of thiophene rings is 1. The fraction of sp³-hybridized carbons (Fsp3) is 0.357. The van der Waals surface area contributed by atoms with Crippen molar-refractivity contribution >= 4 is 23.2 Å². The van der Waals surface area contributed by atoms with Gasteiger partial charge in [-0.05, 0) is 55.2 Å². The van der Waals surface area contributed by atoms with E-state index in [2.05, 4.69) is 0 Å². The number of amides is 2. The summed E-state index contributed by atoms with van der Waals surface area (Å²) in [6.45, 7) is 3.89. The number of halogens is 1. The molecule has 184 valence electrons. The average molecular weight is 495 g/mol. The maximum atomic E-state index is 13.6. The monoisotopic (exact) mass is 494 g/mol. The summed E-state index contributed by atoms with van der Waals surface area (Å²) in [5, 5.41) is 0. The molecule has 1 aliphatic heterocycles. The van der Waals surface area contributed by atoms with E-state index in [1.807, 2.05) is 49.4 Å². The molecule has 4 rings (SSSR count). The first-order valence-corrected chi connectivity index (χ1v) is 12.8. The third-order valence-electron chi connectivity index (χ3n) is 6.11. The largest absolute Gasteiger partial charge is 0.376 e. The van der Waals surface area contributed by atoms with Crippen LogP contribution in [0.1, 0.15) is 33.7 Å². The predicted molar refractivity (Wildman–Crippen MR) is 135 cm³/mol. The van der Waals surface area contributed by atoms with Crippen molar-refractivity contribution in [3.8, 4) is 0 Å². The van der Waals surface area contributed by atoms with Gasteiger partial charge < -0.3 is 14.5 Å². The van der Waals surface area contributed by atoms with Crippen LogP contribution in [-0.2, 0) is 33.8 Å². The van der Waals surface area contributed by atoms with E-state index in [9.17, 15) is 14.0 Å². The predicted octanol–water partition coefficient (Wildman–Crippen LogP) is 4.97. The van der Waals surface area contributed by atoms with Crippen molar-refractivity contribution in [1.82, 2.24) is 9.80 Å². The Hall–Kier alpha value is -3.03. The van der Waals surface area contributed by atoms with Crippen LogP contribution in [0.2, 0.25) is 0 Å². The Bertz CT molecular complexity index is 1110. The summed E-state index contributed by atoms with van der Waals surface area (Å²) in [5.74, 6) is -0.539. The maximum Gasteiger partial charge on any atom is 0.242 e. The van der Waals surface area contributed by atoms with Crippen LogP contribution < -0.4 is 0 Å². The molecule has 1 aliphatic rings. The third-order valence-corrected chi connectivity index (χ3v) is 7.09. The number of hydrogen-bond acceptors (Lipinski definition) is 4. The molecular formula is C28H31FN2O3S. The second-order valence-electron chi connectivity index (χ2n) is 8.96. The van der Waals surface area contributed by atoms with Crippen LogP contribution >= 0.6 is 11.3 Å². The molecule has 2 heterocycles. The van der Waals surface area contributed by atoms with E-state index in [1.54, 1.807) is 33.3 Å². The van der Waals surface area contributed by atoms with Crippen molar-refractivity contribution in [1.29, 1.82) is 0 Å². The minimum absolute atomic E-state index is 0.0168. The molecule has 0 spiro atoms. The van der Waals surface area contributed by atoms with Gasteiger partial charge in [0, 0.05) is 29.5 Å². The van der Waals surface area contributed by atoms with Crippen molar-refractivity contribution in [2.75, 3.05) is 19.7 Å². The Kier molecular flexibility index (Phi) is 8.66. The molecular weight excluding hydrogens is 463 g/mol. The highest BCUT2D eigenvalue weighted by Gasteiger charge is 2.26. The van der Waals surface area contributed by atoms with Gasteiger partial charge in [-0.1, -0.05) is 42.5 Å². The van der Waals surface area contributed by atoms with Gasteiger partial charge >= 0.3 is 0 Å². The highest BCUT2D eigenvalue weighted by molar-refractivity contribution is 7.11. The van der Waals surface area contributed by atoms with Crippen LogP contribution in [0.5, 0.6) is 0 Å². The van der Waals surface area contributed by atoms with Crippen LogP contribution in [0, 0.1) is 12.7 Å². The summed E-state index contributed by atoms with van der Waals surface area (Å²) in [7, 11) is 0. The fourth-order valence-corrected chi connectivity index (χ4v) is 5.14. The molecule has 1 unspecified atom stereocenters. The summed E-state index contributed by atoms with van der Waals surface area (Å²) in [6.07, 6.45) is 2.04. The fourth-order valence-electron chi connectivity index (χ4n) is 4.23. The van der Waals surface area contributed by atoms with Crippen LogP contribution in [0.3, 0.4) is 0 Å². The Labute approximate surface area is 210 Å². The van der Waals surface area contributed by atoms with Crippen molar-refractivity contribution in [2.24, 2.45) is 0 Å². The van der Waals surface area contributed by atoms with Crippen LogP contribution in [-0.4, -0.2) is 47.4 Å². The van der Waals surface area contributed by atoms with E-state index >= 15 is 0 Å². The molecule has 7 heteroatoms. The molecule has 0 saturated carbocycles. The lowest BCUT2D eigenvalue weighted by molar-refractivity contribution is -0.142. The molecule has 0 aliphatic carbocycles. The molecule has 3 aromatic rings. The van der Waals surface area contributed by atoms with Crippen molar-refractivity contribution in [2.45, 2.75) is 45.4 Å². The van der Waals surface area contributed by atoms with Gasteiger partial charge in [0.25, 0.3) is 0 Å². The topological polar surface area (TPSA) is 49.9 Å². The SMILES string of the molecule is Cc1ccc(CN(Cc2ccc(F)cc2)C(=O)CN(CC2CCCO2)C(=O)Cc2ccccc2)s1. The molecule has 1 fully saturated rings. The van der Waals surface area contributed by atoms with Crippen molar-refractivity contribution in [3.05, 3.63) is 93.4 Å². The van der Waals surface area contributed by atoms with E-state index in [0.29, 0.717) is 26.2 Å². The highest BCUT2D eigenvalue weighted by atomic mass is 32.1. The van der Waals surface area contributed by atoms with Gasteiger partial charge in [-0.15, -0.1) is 11.3 Å². The van der Waals surface area contributed by atoms with Crippen LogP contribution in [0.15, 0.2) is 66.7 Å². The molecule has 0 radical (unpaired) electrons. The van der Waals surface area contributed by atoms with E-state index in [4.69, 9.17) is 4.74 Å². The maximum absolute atomic E-state index is 13.6. The number of carbonyl (C=O) groups excluding carboxylic acids is 2. The zero-order valence-electron chi connectivity index (χ0n) is 20.0. The molecule has 2 aromatic carbocycles. The van der Waals surface area contributed by atoms with E-state index < -0.39 is 0 Å². The minimum atomic E-state index is -0.310. The molecule has 0 N–H and O–H groups in total. The highest BCUT2D eigenvalue weighted by Crippen LogP contribution is 2.20. The van der Waals surface area contributed by atoms with Gasteiger partial charge in [0.05, 0.1) is 25.6 Å². The first-order valence-electron chi connectivity index (χ1n) is 12.0. The third kappa shape index (κ3) is 7.47. The Balaban J connectivity index is 1.51. The Morgan fingerprint density at radius 2 is 1.71 bits per heavy atom. The Morgan fingerprint density at radius 1 is 0.943 bits per heavy atom. The molecule has 35 heavy (non-hydrogen) atoms. The summed E-state index contributed by atoms with van der Waals surface area (Å²) < 4.78 is 19.2. The van der Waals surface area contributed by atoms with Gasteiger partial charge in [0.15, 0.2) is 0 Å². The number of hydrogen-bond donors (Lipinski definition) is 0. The second kappa shape index (κ2) is 12.1. The second-order valence-corrected chi connectivity index (χ2v) is 10.3. The number of carbonyl (C=O) groups is 2. The molecule has 1 atom stereocenters. The van der Waals surface area contributed by atoms with E-state index in [-0.39, 0.29) is 36.7 Å². The number of benzene rings is 2. The standard InChI is InChI=1S/C28H31FN2O3S/c1-21-9-14-26(35-21)19-30(17-23-10-12-24(29)13-11-23)28(33)20-31(18-25-8-5-15-34-25)27(32)16-22-6-3-2-4-7-22/h2-4,6-7,9-14,25H,5,8,15-20H2,1H3. The smallest absolute Gasteiger partial charge is 0.242 e. The molecule has 2 amide bonds. The molecule has 1 aromatic heterocycles. The summed E-state index contributed by atoms with van der Waals surface area (Å²) >= 11 is 1.65. The van der Waals surface area contributed by atoms with Crippen molar-refractivity contribution < 1.29 is 18.7 Å². The van der Waals surface area contributed by atoms with Crippen LogP contribution in [0.4, 0.5) is 4.39 Å². The lowest BCUT2D eigenvalue weighted by atomic mass is 10.1. The number of nitrogens with zero attached hydrogens (tertiary/aromatic N) is 2. The lowest BCUT2D eigenvalue weighted by Crippen LogP contribution is -2.45. The molecule has 0 bridgehead atoms. The average Bonchev–Trinajstić information content (AvgIpc) is 3.51. The number of aryl methyl sites for hydroxylation is 1. The van der Waals surface area contributed by atoms with Gasteiger partial charge in [-0.3, -0.25) is 9.59 Å². The lowest BCUT2D eigenvalue weighted by Gasteiger charge is -2.29. The zero-order valence-corrected chi connectivity index (χ0v) is 20.8. The summed E-state index contributed by atoms with van der Waals surface area (Å²) in [5.41, 5.74) is 1.76. The van der Waals surface area contributed by atoms with E-state index in [0.717, 1.165) is 28.8 Å². The summed E-state index contributed by atoms with van der Waals surface area (Å²) in [4.78, 5) is 32.5. The summed E-state index contributed by atoms with van der Waals surface area (Å²) in [6, 6.07) is 19.8. The van der Waals surface area contributed by atoms with Gasteiger partial charge in [0.2, 0.25) is 11.8 Å². The number of rotatable bonds is 10. The molecule has 5 nitrogen and oxygen atoms in total. The van der Waals surface area contributed by atoms with Gasteiger partial charge in [-0.2, -0.15) is 0 Å². The minimum Gasteiger partial charge on any atom is -0.376 e. The first-order chi connectivity index (χ1) is 17.0. The van der Waals surface area contributed by atoms with Gasteiger partial charge in [0.1, 0.15) is 5.82 Å². The number of ether oxygens (including phenoxy) is 1. The normalized spacial score (nSPS) is 15.2. The first kappa shape index (κ1) is 25.1. The van der Waals surface area contributed by atoms with Crippen molar-refractivity contribution in [3.63, 3.8) is 0 Å². The van der Waals surface area contributed by atoms with Crippen LogP contribution in [0.25, 0.3) is 0 Å². The van der Waals surface area contributed by atoms with E-state index in [1.165, 1.54) is 17.0 Å². The zero-order chi connectivity index (χ0) is 24.6. The quantitative estimate of drug-likeness (QED) is 0.400. The van der Waals surface area contributed by atoms with Gasteiger partial charge in [-0.25, -0.2) is 4.39 Å². The molecule has 1 saturated heterocycles. The Morgan fingerprint density at radius 3 is 2.37 bits per heavy atom.